The van der Waals surface area contributed by atoms with Crippen molar-refractivity contribution in [1.82, 2.24) is 10.2 Å². The van der Waals surface area contributed by atoms with Crippen LogP contribution in [0.5, 0.6) is 0 Å². The van der Waals surface area contributed by atoms with E-state index in [9.17, 15) is 14.4 Å². The largest absolute Gasteiger partial charge is 0.352 e. The fourth-order valence-electron chi connectivity index (χ4n) is 3.90. The molecular weight excluding hydrogens is 398 g/mol. The second kappa shape index (κ2) is 8.92. The van der Waals surface area contributed by atoms with Crippen molar-refractivity contribution >= 4 is 35.2 Å². The zero-order valence-electron chi connectivity index (χ0n) is 16.9. The molecule has 0 bridgehead atoms. The number of piperidine rings is 1. The summed E-state index contributed by atoms with van der Waals surface area (Å²) in [5, 5.41) is 5.06. The Kier molecular flexibility index (Phi) is 6.08. The van der Waals surface area contributed by atoms with Crippen molar-refractivity contribution in [2.24, 2.45) is 5.92 Å². The van der Waals surface area contributed by atoms with E-state index in [0.29, 0.717) is 32.5 Å². The summed E-state index contributed by atoms with van der Waals surface area (Å²) >= 11 is 1.30. The quantitative estimate of drug-likeness (QED) is 0.741. The van der Waals surface area contributed by atoms with Crippen molar-refractivity contribution in [2.45, 2.75) is 36.5 Å². The molecule has 1 atom stereocenters. The maximum absolute atomic E-state index is 12.9. The second-order valence-corrected chi connectivity index (χ2v) is 8.94. The predicted molar refractivity (Wildman–Crippen MR) is 117 cm³/mol. The molecule has 1 saturated heterocycles. The number of aryl methyl sites for hydroxylation is 1. The summed E-state index contributed by atoms with van der Waals surface area (Å²) in [6.45, 7) is 3.53. The van der Waals surface area contributed by atoms with E-state index in [4.69, 9.17) is 0 Å². The monoisotopic (exact) mass is 423 g/mol. The lowest BCUT2D eigenvalue weighted by Gasteiger charge is -2.34. The fraction of sp³-hybridized carbons (Fsp3) is 0.348. The minimum atomic E-state index is -0.772. The first-order chi connectivity index (χ1) is 14.5. The molecule has 0 spiro atoms. The normalized spacial score (nSPS) is 19.0. The first-order valence-corrected chi connectivity index (χ1v) is 11.1. The van der Waals surface area contributed by atoms with E-state index in [2.05, 4.69) is 16.7 Å². The number of para-hydroxylation sites is 1. The molecule has 0 saturated carbocycles. The fourth-order valence-corrected chi connectivity index (χ4v) is 4.97. The Morgan fingerprint density at radius 3 is 2.67 bits per heavy atom. The van der Waals surface area contributed by atoms with Gasteiger partial charge in [0.2, 0.25) is 17.7 Å². The molecular formula is C23H25N3O3S. The Bertz CT molecular complexity index is 970. The standard InChI is InChI=1S/C23H25N3O3S/c1-15-5-4-6-16(13-15)14-24-21(27)17-9-11-26(12-10-17)23(29)20-22(28)25-18-7-2-3-8-19(18)30-20/h2-8,13,17,20H,9-12,14H2,1H3,(H,24,27)(H,25,28)/t20-/m1/s1. The highest BCUT2D eigenvalue weighted by molar-refractivity contribution is 8.01. The number of rotatable bonds is 4. The lowest BCUT2D eigenvalue weighted by atomic mass is 9.95. The van der Waals surface area contributed by atoms with Gasteiger partial charge in [0.1, 0.15) is 0 Å². The molecule has 7 heteroatoms. The molecule has 0 aromatic heterocycles. The summed E-state index contributed by atoms with van der Waals surface area (Å²) in [4.78, 5) is 40.5. The molecule has 30 heavy (non-hydrogen) atoms. The SMILES string of the molecule is Cc1cccc(CNC(=O)C2CCN(C(=O)[C@@H]3Sc4ccccc4NC3=O)CC2)c1. The van der Waals surface area contributed by atoms with Crippen LogP contribution in [0.3, 0.4) is 0 Å². The lowest BCUT2D eigenvalue weighted by molar-refractivity contribution is -0.137. The predicted octanol–water partition coefficient (Wildman–Crippen LogP) is 2.96. The molecule has 1 fully saturated rings. The van der Waals surface area contributed by atoms with Crippen LogP contribution in [-0.4, -0.2) is 41.0 Å². The number of fused-ring (bicyclic) bond motifs is 1. The Hall–Kier alpha value is -2.80. The van der Waals surface area contributed by atoms with Crippen LogP contribution in [-0.2, 0) is 20.9 Å². The first-order valence-electron chi connectivity index (χ1n) is 10.2. The molecule has 3 amide bonds. The molecule has 2 aliphatic heterocycles. The summed E-state index contributed by atoms with van der Waals surface area (Å²) in [5.41, 5.74) is 3.00. The summed E-state index contributed by atoms with van der Waals surface area (Å²) in [6, 6.07) is 15.6. The highest BCUT2D eigenvalue weighted by Crippen LogP contribution is 2.36. The third-order valence-electron chi connectivity index (χ3n) is 5.58. The van der Waals surface area contributed by atoms with Crippen LogP contribution in [0.2, 0.25) is 0 Å². The van der Waals surface area contributed by atoms with Gasteiger partial charge < -0.3 is 15.5 Å². The number of hydrogen-bond donors (Lipinski definition) is 2. The molecule has 4 rings (SSSR count). The van der Waals surface area contributed by atoms with E-state index in [1.54, 1.807) is 4.90 Å². The van der Waals surface area contributed by atoms with Gasteiger partial charge in [-0.05, 0) is 37.5 Å². The van der Waals surface area contributed by atoms with Gasteiger partial charge in [-0.1, -0.05) is 42.0 Å². The van der Waals surface area contributed by atoms with Crippen molar-refractivity contribution < 1.29 is 14.4 Å². The topological polar surface area (TPSA) is 78.5 Å². The molecule has 6 nitrogen and oxygen atoms in total. The van der Waals surface area contributed by atoms with E-state index in [0.717, 1.165) is 16.1 Å². The van der Waals surface area contributed by atoms with Gasteiger partial charge in [-0.25, -0.2) is 0 Å². The first kappa shape index (κ1) is 20.5. The van der Waals surface area contributed by atoms with Gasteiger partial charge in [-0.3, -0.25) is 14.4 Å². The summed E-state index contributed by atoms with van der Waals surface area (Å²) < 4.78 is 0. The van der Waals surface area contributed by atoms with E-state index < -0.39 is 5.25 Å². The Balaban J connectivity index is 1.29. The third kappa shape index (κ3) is 4.51. The van der Waals surface area contributed by atoms with Gasteiger partial charge in [0.15, 0.2) is 5.25 Å². The van der Waals surface area contributed by atoms with Crippen molar-refractivity contribution in [1.29, 1.82) is 0 Å². The second-order valence-electron chi connectivity index (χ2n) is 7.79. The van der Waals surface area contributed by atoms with Crippen LogP contribution >= 0.6 is 11.8 Å². The number of nitrogens with zero attached hydrogens (tertiary/aromatic N) is 1. The smallest absolute Gasteiger partial charge is 0.247 e. The number of nitrogens with one attached hydrogen (secondary N) is 2. The van der Waals surface area contributed by atoms with Gasteiger partial charge in [-0.2, -0.15) is 0 Å². The van der Waals surface area contributed by atoms with Gasteiger partial charge in [0, 0.05) is 30.4 Å². The van der Waals surface area contributed by atoms with E-state index in [-0.39, 0.29) is 23.6 Å². The van der Waals surface area contributed by atoms with Crippen LogP contribution in [0, 0.1) is 12.8 Å². The average Bonchev–Trinajstić information content (AvgIpc) is 2.76. The molecule has 2 heterocycles. The van der Waals surface area contributed by atoms with E-state index in [1.807, 2.05) is 49.4 Å². The molecule has 0 aliphatic carbocycles. The number of amides is 3. The molecule has 156 valence electrons. The number of likely N-dealkylation sites (tertiary alicyclic amines) is 1. The number of hydrogen-bond acceptors (Lipinski definition) is 4. The molecule has 2 aromatic carbocycles. The van der Waals surface area contributed by atoms with Gasteiger partial charge in [-0.15, -0.1) is 11.8 Å². The summed E-state index contributed by atoms with van der Waals surface area (Å²) in [7, 11) is 0. The van der Waals surface area contributed by atoms with Crippen LogP contribution in [0.15, 0.2) is 53.4 Å². The molecule has 0 radical (unpaired) electrons. The number of benzene rings is 2. The Labute approximate surface area is 180 Å². The minimum Gasteiger partial charge on any atom is -0.352 e. The van der Waals surface area contributed by atoms with Crippen LogP contribution < -0.4 is 10.6 Å². The van der Waals surface area contributed by atoms with Crippen molar-refractivity contribution in [3.8, 4) is 0 Å². The Morgan fingerprint density at radius 1 is 1.13 bits per heavy atom. The van der Waals surface area contributed by atoms with Crippen molar-refractivity contribution in [3.05, 3.63) is 59.7 Å². The maximum Gasteiger partial charge on any atom is 0.247 e. The number of carbonyl (C=O) groups is 3. The van der Waals surface area contributed by atoms with Gasteiger partial charge in [0.05, 0.1) is 5.69 Å². The zero-order chi connectivity index (χ0) is 21.1. The van der Waals surface area contributed by atoms with E-state index in [1.165, 1.54) is 17.3 Å². The number of thioether (sulfide) groups is 1. The lowest BCUT2D eigenvalue weighted by Crippen LogP contribution is -2.49. The van der Waals surface area contributed by atoms with E-state index >= 15 is 0 Å². The highest BCUT2D eigenvalue weighted by atomic mass is 32.2. The zero-order valence-corrected chi connectivity index (χ0v) is 17.7. The van der Waals surface area contributed by atoms with Crippen LogP contribution in [0.1, 0.15) is 24.0 Å². The van der Waals surface area contributed by atoms with Crippen LogP contribution in [0.4, 0.5) is 5.69 Å². The Morgan fingerprint density at radius 2 is 1.90 bits per heavy atom. The number of anilines is 1. The third-order valence-corrected chi connectivity index (χ3v) is 6.84. The van der Waals surface area contributed by atoms with Gasteiger partial charge in [0.25, 0.3) is 0 Å². The number of carbonyl (C=O) groups excluding carboxylic acids is 3. The minimum absolute atomic E-state index is 0.0299. The molecule has 0 unspecified atom stereocenters. The van der Waals surface area contributed by atoms with Gasteiger partial charge >= 0.3 is 0 Å². The van der Waals surface area contributed by atoms with Crippen molar-refractivity contribution in [3.63, 3.8) is 0 Å². The maximum atomic E-state index is 12.9. The highest BCUT2D eigenvalue weighted by Gasteiger charge is 2.37. The molecule has 2 aliphatic rings. The summed E-state index contributed by atoms with van der Waals surface area (Å²) in [6.07, 6.45) is 1.22. The summed E-state index contributed by atoms with van der Waals surface area (Å²) in [5.74, 6) is -0.526. The van der Waals surface area contributed by atoms with Crippen molar-refractivity contribution in [2.75, 3.05) is 18.4 Å². The molecule has 2 aromatic rings. The van der Waals surface area contributed by atoms with Crippen LogP contribution in [0.25, 0.3) is 0 Å². The molecule has 2 N–H and O–H groups in total. The average molecular weight is 424 g/mol.